The number of sulfonamides is 1. The van der Waals surface area contributed by atoms with Gasteiger partial charge in [0.15, 0.2) is 0 Å². The number of fused-ring (bicyclic) bond motifs is 1. The Bertz CT molecular complexity index is 732. The van der Waals surface area contributed by atoms with Crippen molar-refractivity contribution >= 4 is 38.6 Å². The normalized spacial score (nSPS) is 24.2. The van der Waals surface area contributed by atoms with E-state index in [0.717, 1.165) is 12.4 Å². The number of rotatable bonds is 6. The third-order valence-corrected chi connectivity index (χ3v) is 6.96. The first-order chi connectivity index (χ1) is 12.2. The van der Waals surface area contributed by atoms with Crippen molar-refractivity contribution in [2.24, 2.45) is 0 Å². The van der Waals surface area contributed by atoms with Crippen LogP contribution in [-0.2, 0) is 20.9 Å². The van der Waals surface area contributed by atoms with E-state index < -0.39 is 21.8 Å². The Kier molecular flexibility index (Phi) is 5.94. The van der Waals surface area contributed by atoms with Crippen LogP contribution in [0, 0.1) is 0 Å². The molecule has 2 aliphatic rings. The molecule has 2 fully saturated rings. The average Bonchev–Trinajstić information content (AvgIpc) is 3.16. The molecule has 0 aliphatic carbocycles. The molecule has 0 spiro atoms. The van der Waals surface area contributed by atoms with Crippen LogP contribution in [-0.4, -0.2) is 64.8 Å². The molecule has 0 bridgehead atoms. The van der Waals surface area contributed by atoms with Gasteiger partial charge in [-0.25, -0.2) is 18.4 Å². The molecular weight excluding hydrogens is 488 g/mol. The van der Waals surface area contributed by atoms with Crippen LogP contribution in [0.25, 0.3) is 0 Å². The first kappa shape index (κ1) is 20.0. The maximum atomic E-state index is 12.6. The Balaban J connectivity index is 1.70. The number of alkyl halides is 4. The fourth-order valence-electron chi connectivity index (χ4n) is 3.49. The van der Waals surface area contributed by atoms with E-state index in [1.165, 1.54) is 4.31 Å². The van der Waals surface area contributed by atoms with Gasteiger partial charge in [-0.1, -0.05) is 22.6 Å². The Morgan fingerprint density at radius 3 is 2.46 bits per heavy atom. The van der Waals surface area contributed by atoms with E-state index in [2.05, 4.69) is 9.97 Å². The minimum Gasteiger partial charge on any atom is -0.370 e. The van der Waals surface area contributed by atoms with Gasteiger partial charge in [0.25, 0.3) is 0 Å². The molecule has 1 aromatic rings. The van der Waals surface area contributed by atoms with E-state index in [1.54, 1.807) is 0 Å². The number of aromatic nitrogens is 2. The van der Waals surface area contributed by atoms with Crippen LogP contribution in [0.5, 0.6) is 0 Å². The van der Waals surface area contributed by atoms with Crippen molar-refractivity contribution in [1.29, 1.82) is 0 Å². The van der Waals surface area contributed by atoms with Crippen LogP contribution in [0.3, 0.4) is 0 Å². The van der Waals surface area contributed by atoms with E-state index in [1.807, 2.05) is 27.5 Å². The molecule has 2 aliphatic heterocycles. The van der Waals surface area contributed by atoms with Gasteiger partial charge in [-0.15, -0.1) is 0 Å². The van der Waals surface area contributed by atoms with E-state index in [-0.39, 0.29) is 30.4 Å². The van der Waals surface area contributed by atoms with Crippen molar-refractivity contribution in [3.05, 3.63) is 18.0 Å². The van der Waals surface area contributed by atoms with Crippen molar-refractivity contribution in [3.8, 4) is 0 Å². The zero-order valence-electron chi connectivity index (χ0n) is 13.7. The van der Waals surface area contributed by atoms with Crippen LogP contribution in [0.1, 0.15) is 18.4 Å². The average molecular weight is 506 g/mol. The molecule has 0 saturated carbocycles. The van der Waals surface area contributed by atoms with Gasteiger partial charge in [-0.3, -0.25) is 0 Å². The molecule has 7 nitrogen and oxygen atoms in total. The van der Waals surface area contributed by atoms with Crippen LogP contribution in [0.4, 0.5) is 19.1 Å². The molecule has 146 valence electrons. The monoisotopic (exact) mass is 506 g/mol. The smallest absolute Gasteiger partial charge is 0.370 e. The molecule has 0 N–H and O–H groups in total. The van der Waals surface area contributed by atoms with Crippen LogP contribution >= 0.6 is 22.6 Å². The van der Waals surface area contributed by atoms with Crippen molar-refractivity contribution in [3.63, 3.8) is 0 Å². The molecule has 1 aromatic heterocycles. The van der Waals surface area contributed by atoms with Gasteiger partial charge in [-0.2, -0.15) is 17.5 Å². The molecule has 2 atom stereocenters. The lowest BCUT2D eigenvalue weighted by atomic mass is 10.1. The van der Waals surface area contributed by atoms with Gasteiger partial charge in [0.05, 0.1) is 22.5 Å². The summed E-state index contributed by atoms with van der Waals surface area (Å²) in [5, 5.41) is 0. The highest BCUT2D eigenvalue weighted by molar-refractivity contribution is 14.1. The van der Waals surface area contributed by atoms with Crippen LogP contribution in [0.15, 0.2) is 12.4 Å². The lowest BCUT2D eigenvalue weighted by Crippen LogP contribution is -2.41. The second kappa shape index (κ2) is 7.72. The molecular formula is C14H18F3IN4O3S. The summed E-state index contributed by atoms with van der Waals surface area (Å²) >= 11 is 2.01. The Hall–Kier alpha value is -0.730. The number of hydrogen-bond acceptors (Lipinski definition) is 6. The van der Waals surface area contributed by atoms with Gasteiger partial charge in [0, 0.05) is 37.6 Å². The predicted molar refractivity (Wildman–Crippen MR) is 96.5 cm³/mol. The van der Waals surface area contributed by atoms with Crippen molar-refractivity contribution in [2.75, 3.05) is 35.0 Å². The third-order valence-electron chi connectivity index (χ3n) is 4.67. The van der Waals surface area contributed by atoms with E-state index >= 15 is 0 Å². The molecule has 0 amide bonds. The highest BCUT2D eigenvalue weighted by Gasteiger charge is 2.47. The molecule has 12 heteroatoms. The number of halogens is 4. The number of ether oxygens (including phenoxy) is 1. The van der Waals surface area contributed by atoms with Crippen molar-refractivity contribution in [1.82, 2.24) is 14.3 Å². The van der Waals surface area contributed by atoms with Gasteiger partial charge < -0.3 is 9.64 Å². The maximum Gasteiger partial charge on any atom is 0.419 e. The minimum absolute atomic E-state index is 0.0734. The maximum absolute atomic E-state index is 12.6. The quantitative estimate of drug-likeness (QED) is 0.334. The standard InChI is InChI=1S/C14H18F3IN4O3S/c15-14(16,17)10-7-19-13(20-8-10)21-3-1-12-11(21)2-4-22(12)26(23,24)6-5-25-9-18/h7-8,11-12H,1-6,9H2/t11-,12-/m1/s1. The fraction of sp³-hybridized carbons (Fsp3) is 0.714. The lowest BCUT2D eigenvalue weighted by molar-refractivity contribution is -0.138. The highest BCUT2D eigenvalue weighted by Crippen LogP contribution is 2.36. The van der Waals surface area contributed by atoms with Crippen molar-refractivity contribution in [2.45, 2.75) is 31.1 Å². The fourth-order valence-corrected chi connectivity index (χ4v) is 5.41. The zero-order chi connectivity index (χ0) is 18.9. The van der Waals surface area contributed by atoms with Gasteiger partial charge in [-0.05, 0) is 12.8 Å². The summed E-state index contributed by atoms with van der Waals surface area (Å²) in [4.78, 5) is 9.49. The minimum atomic E-state index is -4.48. The second-order valence-corrected chi connectivity index (χ2v) is 8.78. The first-order valence-corrected chi connectivity index (χ1v) is 11.2. The SMILES string of the molecule is O=S(=O)(CCOCI)N1CC[C@@H]2[C@H]1CCN2c1ncc(C(F)(F)F)cn1. The molecule has 0 radical (unpaired) electrons. The predicted octanol–water partition coefficient (Wildman–Crippen LogP) is 1.89. The Morgan fingerprint density at radius 2 is 1.85 bits per heavy atom. The van der Waals surface area contributed by atoms with Gasteiger partial charge in [0.2, 0.25) is 16.0 Å². The summed E-state index contributed by atoms with van der Waals surface area (Å²) < 4.78 is 70.0. The van der Waals surface area contributed by atoms with E-state index in [9.17, 15) is 21.6 Å². The van der Waals surface area contributed by atoms with E-state index in [4.69, 9.17) is 4.74 Å². The molecule has 2 saturated heterocycles. The Morgan fingerprint density at radius 1 is 1.19 bits per heavy atom. The highest BCUT2D eigenvalue weighted by atomic mass is 127. The van der Waals surface area contributed by atoms with Crippen LogP contribution in [0.2, 0.25) is 0 Å². The molecule has 0 aromatic carbocycles. The van der Waals surface area contributed by atoms with Gasteiger partial charge in [0.1, 0.15) is 0 Å². The summed E-state index contributed by atoms with van der Waals surface area (Å²) in [6.07, 6.45) is -1.76. The number of nitrogens with zero attached hydrogens (tertiary/aromatic N) is 4. The second-order valence-electron chi connectivity index (χ2n) is 6.12. The topological polar surface area (TPSA) is 75.6 Å². The van der Waals surface area contributed by atoms with Crippen molar-refractivity contribution < 1.29 is 26.3 Å². The Labute approximate surface area is 163 Å². The van der Waals surface area contributed by atoms with E-state index in [0.29, 0.717) is 30.5 Å². The number of hydrogen-bond donors (Lipinski definition) is 0. The van der Waals surface area contributed by atoms with Gasteiger partial charge >= 0.3 is 6.18 Å². The molecule has 3 heterocycles. The summed E-state index contributed by atoms with van der Waals surface area (Å²) in [5.41, 5.74) is -0.900. The summed E-state index contributed by atoms with van der Waals surface area (Å²) in [7, 11) is -3.43. The molecule has 3 rings (SSSR count). The summed E-state index contributed by atoms with van der Waals surface area (Å²) in [6, 6.07) is -0.322. The largest absolute Gasteiger partial charge is 0.419 e. The lowest BCUT2D eigenvalue weighted by Gasteiger charge is -2.25. The molecule has 26 heavy (non-hydrogen) atoms. The summed E-state index contributed by atoms with van der Waals surface area (Å²) in [6.45, 7) is 1.04. The number of anilines is 1. The van der Waals surface area contributed by atoms with Crippen LogP contribution < -0.4 is 4.90 Å². The first-order valence-electron chi connectivity index (χ1n) is 8.03. The third kappa shape index (κ3) is 4.07. The molecule has 0 unspecified atom stereocenters. The summed E-state index contributed by atoms with van der Waals surface area (Å²) in [5.74, 6) is 0.133. The zero-order valence-corrected chi connectivity index (χ0v) is 16.7.